The molecule has 2 aliphatic heterocycles. The highest BCUT2D eigenvalue weighted by Gasteiger charge is 2.23. The van der Waals surface area contributed by atoms with Crippen LogP contribution in [0.3, 0.4) is 0 Å². The second-order valence-corrected chi connectivity index (χ2v) is 5.45. The molecule has 0 bridgehead atoms. The smallest absolute Gasteiger partial charge is 0.222 e. The van der Waals surface area contributed by atoms with E-state index < -0.39 is 0 Å². The lowest BCUT2D eigenvalue weighted by Gasteiger charge is -2.24. The van der Waals surface area contributed by atoms with Crippen molar-refractivity contribution in [1.82, 2.24) is 25.4 Å². The van der Waals surface area contributed by atoms with Crippen LogP contribution in [0.15, 0.2) is 0 Å². The molecule has 0 radical (unpaired) electrons. The summed E-state index contributed by atoms with van der Waals surface area (Å²) < 4.78 is 7.47. The number of aryl methyl sites for hydroxylation is 1. The molecule has 1 aromatic heterocycles. The number of ether oxygens (including phenoxy) is 1. The van der Waals surface area contributed by atoms with Crippen molar-refractivity contribution in [2.75, 3.05) is 19.8 Å². The van der Waals surface area contributed by atoms with Gasteiger partial charge in [0.1, 0.15) is 5.82 Å². The Labute approximate surface area is 118 Å². The molecule has 2 N–H and O–H groups in total. The van der Waals surface area contributed by atoms with Gasteiger partial charge in [0.15, 0.2) is 5.82 Å². The van der Waals surface area contributed by atoms with Gasteiger partial charge in [-0.2, -0.15) is 0 Å². The monoisotopic (exact) mass is 279 g/mol. The van der Waals surface area contributed by atoms with Crippen LogP contribution in [0.2, 0.25) is 0 Å². The summed E-state index contributed by atoms with van der Waals surface area (Å²) in [6.45, 7) is 5.04. The Morgan fingerprint density at radius 2 is 2.50 bits per heavy atom. The quantitative estimate of drug-likeness (QED) is 0.796. The summed E-state index contributed by atoms with van der Waals surface area (Å²) in [4.78, 5) is 12.1. The molecule has 110 valence electrons. The standard InChI is InChI=1S/C13H21N5O2/c1-9(13-17-16-11-3-2-5-18(11)13)15-12(19)7-10-8-20-6-4-14-10/h9-10,14H,2-8H2,1H3,(H,15,19). The minimum atomic E-state index is -0.105. The van der Waals surface area contributed by atoms with Gasteiger partial charge in [-0.15, -0.1) is 10.2 Å². The van der Waals surface area contributed by atoms with Crippen molar-refractivity contribution < 1.29 is 9.53 Å². The van der Waals surface area contributed by atoms with E-state index in [0.29, 0.717) is 13.0 Å². The maximum absolute atomic E-state index is 12.1. The van der Waals surface area contributed by atoms with Gasteiger partial charge in [0.05, 0.1) is 19.3 Å². The summed E-state index contributed by atoms with van der Waals surface area (Å²) >= 11 is 0. The van der Waals surface area contributed by atoms with Gasteiger partial charge < -0.3 is 19.9 Å². The van der Waals surface area contributed by atoms with Gasteiger partial charge in [0.2, 0.25) is 5.91 Å². The fourth-order valence-corrected chi connectivity index (χ4v) is 2.83. The molecule has 2 aliphatic rings. The van der Waals surface area contributed by atoms with Gasteiger partial charge in [0, 0.05) is 32.0 Å². The maximum atomic E-state index is 12.1. The first kappa shape index (κ1) is 13.5. The van der Waals surface area contributed by atoms with Gasteiger partial charge in [0.25, 0.3) is 0 Å². The maximum Gasteiger partial charge on any atom is 0.222 e. The molecule has 0 aliphatic carbocycles. The Hall–Kier alpha value is -1.47. The van der Waals surface area contributed by atoms with Crippen LogP contribution in [0.25, 0.3) is 0 Å². The van der Waals surface area contributed by atoms with Gasteiger partial charge >= 0.3 is 0 Å². The van der Waals surface area contributed by atoms with E-state index in [2.05, 4.69) is 25.4 Å². The number of hydrogen-bond donors (Lipinski definition) is 2. The van der Waals surface area contributed by atoms with Crippen molar-refractivity contribution in [3.05, 3.63) is 11.6 Å². The number of carbonyl (C=O) groups is 1. The molecular formula is C13H21N5O2. The van der Waals surface area contributed by atoms with Crippen molar-refractivity contribution in [2.45, 2.75) is 44.8 Å². The lowest BCUT2D eigenvalue weighted by Crippen LogP contribution is -2.44. The fraction of sp³-hybridized carbons (Fsp3) is 0.769. The van der Waals surface area contributed by atoms with Crippen LogP contribution >= 0.6 is 0 Å². The van der Waals surface area contributed by atoms with Crippen molar-refractivity contribution in [3.8, 4) is 0 Å². The highest BCUT2D eigenvalue weighted by atomic mass is 16.5. The zero-order valence-electron chi connectivity index (χ0n) is 11.8. The molecule has 7 heteroatoms. The molecule has 0 spiro atoms. The highest BCUT2D eigenvalue weighted by molar-refractivity contribution is 5.77. The average molecular weight is 279 g/mol. The van der Waals surface area contributed by atoms with E-state index in [9.17, 15) is 4.79 Å². The topological polar surface area (TPSA) is 81.1 Å². The summed E-state index contributed by atoms with van der Waals surface area (Å²) in [5.74, 6) is 1.91. The number of rotatable bonds is 4. The molecule has 3 rings (SSSR count). The molecule has 1 amide bonds. The Morgan fingerprint density at radius 1 is 1.60 bits per heavy atom. The predicted molar refractivity (Wildman–Crippen MR) is 72.1 cm³/mol. The zero-order chi connectivity index (χ0) is 13.9. The van der Waals surface area contributed by atoms with Crippen molar-refractivity contribution in [3.63, 3.8) is 0 Å². The Morgan fingerprint density at radius 3 is 3.30 bits per heavy atom. The van der Waals surface area contributed by atoms with E-state index in [1.165, 1.54) is 0 Å². The van der Waals surface area contributed by atoms with Crippen molar-refractivity contribution in [2.24, 2.45) is 0 Å². The number of amides is 1. The number of carbonyl (C=O) groups excluding carboxylic acids is 1. The summed E-state index contributed by atoms with van der Waals surface area (Å²) in [6, 6.07) is 0.00595. The molecule has 2 unspecified atom stereocenters. The van der Waals surface area contributed by atoms with Crippen molar-refractivity contribution in [1.29, 1.82) is 0 Å². The first-order valence-electron chi connectivity index (χ1n) is 7.26. The zero-order valence-corrected chi connectivity index (χ0v) is 11.8. The number of hydrogen-bond acceptors (Lipinski definition) is 5. The number of nitrogens with zero attached hydrogens (tertiary/aromatic N) is 3. The summed E-state index contributed by atoms with van der Waals surface area (Å²) in [7, 11) is 0. The lowest BCUT2D eigenvalue weighted by atomic mass is 10.2. The lowest BCUT2D eigenvalue weighted by molar-refractivity contribution is -0.123. The molecule has 0 saturated carbocycles. The SMILES string of the molecule is CC(NC(=O)CC1COCCN1)c1nnc2n1CCC2. The van der Waals surface area contributed by atoms with E-state index in [-0.39, 0.29) is 18.0 Å². The highest BCUT2D eigenvalue weighted by Crippen LogP contribution is 2.18. The van der Waals surface area contributed by atoms with Crippen LogP contribution in [-0.2, 0) is 22.5 Å². The first-order chi connectivity index (χ1) is 9.74. The molecule has 7 nitrogen and oxygen atoms in total. The Bertz CT molecular complexity index is 481. The molecule has 0 aromatic carbocycles. The summed E-state index contributed by atoms with van der Waals surface area (Å²) in [6.07, 6.45) is 2.53. The Kier molecular flexibility index (Phi) is 3.98. The largest absolute Gasteiger partial charge is 0.378 e. The van der Waals surface area contributed by atoms with Gasteiger partial charge in [-0.25, -0.2) is 0 Å². The van der Waals surface area contributed by atoms with E-state index in [0.717, 1.165) is 44.2 Å². The number of morpholine rings is 1. The van der Waals surface area contributed by atoms with E-state index >= 15 is 0 Å². The van der Waals surface area contributed by atoms with Gasteiger partial charge in [-0.3, -0.25) is 4.79 Å². The van der Waals surface area contributed by atoms with Crippen LogP contribution in [0, 0.1) is 0 Å². The molecule has 20 heavy (non-hydrogen) atoms. The minimum Gasteiger partial charge on any atom is -0.378 e. The minimum absolute atomic E-state index is 0.0239. The third-order valence-corrected chi connectivity index (χ3v) is 3.83. The normalized spacial score (nSPS) is 23.4. The predicted octanol–water partition coefficient (Wildman–Crippen LogP) is -0.220. The number of aromatic nitrogens is 3. The number of nitrogens with one attached hydrogen (secondary N) is 2. The van der Waals surface area contributed by atoms with Crippen LogP contribution in [0.1, 0.15) is 37.5 Å². The van der Waals surface area contributed by atoms with Gasteiger partial charge in [-0.05, 0) is 13.3 Å². The van der Waals surface area contributed by atoms with Crippen LogP contribution in [0.5, 0.6) is 0 Å². The van der Waals surface area contributed by atoms with E-state index in [4.69, 9.17) is 4.74 Å². The van der Waals surface area contributed by atoms with Crippen LogP contribution in [-0.4, -0.2) is 46.5 Å². The van der Waals surface area contributed by atoms with E-state index in [1.807, 2.05) is 6.92 Å². The first-order valence-corrected chi connectivity index (χ1v) is 7.26. The fourth-order valence-electron chi connectivity index (χ4n) is 2.83. The second kappa shape index (κ2) is 5.88. The molecule has 2 atom stereocenters. The second-order valence-electron chi connectivity index (χ2n) is 5.45. The third-order valence-electron chi connectivity index (χ3n) is 3.83. The van der Waals surface area contributed by atoms with Crippen LogP contribution < -0.4 is 10.6 Å². The summed E-state index contributed by atoms with van der Waals surface area (Å²) in [5, 5.41) is 14.6. The number of fused-ring (bicyclic) bond motifs is 1. The molecule has 1 saturated heterocycles. The van der Waals surface area contributed by atoms with Crippen LogP contribution in [0.4, 0.5) is 0 Å². The van der Waals surface area contributed by atoms with Gasteiger partial charge in [-0.1, -0.05) is 0 Å². The van der Waals surface area contributed by atoms with E-state index in [1.54, 1.807) is 0 Å². The summed E-state index contributed by atoms with van der Waals surface area (Å²) in [5.41, 5.74) is 0. The molecule has 3 heterocycles. The Balaban J connectivity index is 1.55. The third kappa shape index (κ3) is 2.83. The molecular weight excluding hydrogens is 258 g/mol. The van der Waals surface area contributed by atoms with Crippen molar-refractivity contribution >= 4 is 5.91 Å². The average Bonchev–Trinajstić information content (AvgIpc) is 3.01. The molecule has 1 aromatic rings. The molecule has 1 fully saturated rings.